The molecular formula is C15H26N2O3S. The Morgan fingerprint density at radius 1 is 1.24 bits per heavy atom. The highest BCUT2D eigenvalue weighted by Crippen LogP contribution is 2.40. The van der Waals surface area contributed by atoms with Crippen LogP contribution in [0.4, 0.5) is 0 Å². The van der Waals surface area contributed by atoms with Crippen LogP contribution in [0.15, 0.2) is 9.31 Å². The molecule has 0 radical (unpaired) electrons. The van der Waals surface area contributed by atoms with Crippen LogP contribution in [0.25, 0.3) is 0 Å². The van der Waals surface area contributed by atoms with Crippen LogP contribution in [0.5, 0.6) is 0 Å². The van der Waals surface area contributed by atoms with Gasteiger partial charge in [-0.1, -0.05) is 13.8 Å². The number of nitrogens with zero attached hydrogens (tertiary/aromatic N) is 1. The van der Waals surface area contributed by atoms with Crippen LogP contribution in [0.2, 0.25) is 0 Å². The molecule has 1 fully saturated rings. The predicted octanol–water partition coefficient (Wildman–Crippen LogP) is 2.56. The van der Waals surface area contributed by atoms with Gasteiger partial charge in [-0.15, -0.1) is 0 Å². The molecule has 0 atom stereocenters. The highest BCUT2D eigenvalue weighted by Gasteiger charge is 2.42. The number of furan rings is 1. The van der Waals surface area contributed by atoms with Gasteiger partial charge in [0.1, 0.15) is 16.4 Å². The number of rotatable bonds is 5. The second-order valence-electron chi connectivity index (χ2n) is 6.02. The van der Waals surface area contributed by atoms with E-state index < -0.39 is 10.0 Å². The summed E-state index contributed by atoms with van der Waals surface area (Å²) in [6.45, 7) is 9.09. The summed E-state index contributed by atoms with van der Waals surface area (Å²) in [7, 11) is -3.52. The molecule has 1 aliphatic heterocycles. The molecule has 2 N–H and O–H groups in total. The monoisotopic (exact) mass is 314 g/mol. The molecule has 6 heteroatoms. The van der Waals surface area contributed by atoms with Crippen molar-refractivity contribution in [2.45, 2.75) is 58.4 Å². The van der Waals surface area contributed by atoms with E-state index in [9.17, 15) is 8.42 Å². The molecule has 1 aromatic rings. The van der Waals surface area contributed by atoms with Gasteiger partial charge in [0.25, 0.3) is 0 Å². The van der Waals surface area contributed by atoms with Crippen molar-refractivity contribution in [3.05, 3.63) is 17.1 Å². The van der Waals surface area contributed by atoms with Crippen LogP contribution in [-0.4, -0.2) is 25.8 Å². The zero-order chi connectivity index (χ0) is 15.8. The largest absolute Gasteiger partial charge is 0.465 e. The van der Waals surface area contributed by atoms with Crippen molar-refractivity contribution in [2.24, 2.45) is 11.1 Å². The number of aryl methyl sites for hydroxylation is 2. The average molecular weight is 314 g/mol. The topological polar surface area (TPSA) is 76.5 Å². The van der Waals surface area contributed by atoms with E-state index in [-0.39, 0.29) is 16.9 Å². The molecule has 0 spiro atoms. The third-order valence-electron chi connectivity index (χ3n) is 5.03. The first kappa shape index (κ1) is 16.5. The molecule has 0 unspecified atom stereocenters. The zero-order valence-corrected chi connectivity index (χ0v) is 14.2. The van der Waals surface area contributed by atoms with E-state index in [1.54, 1.807) is 18.2 Å². The lowest BCUT2D eigenvalue weighted by atomic mass is 9.82. The Labute approximate surface area is 127 Å². The SMILES string of the molecule is CCC1(CC)CCN(S(=O)(=O)c2c(C)oc(C)c2CN)C1. The highest BCUT2D eigenvalue weighted by molar-refractivity contribution is 7.89. The fraction of sp³-hybridized carbons (Fsp3) is 0.733. The molecule has 0 bridgehead atoms. The molecule has 0 amide bonds. The van der Waals surface area contributed by atoms with Gasteiger partial charge in [-0.2, -0.15) is 4.31 Å². The lowest BCUT2D eigenvalue weighted by molar-refractivity contribution is 0.279. The second-order valence-corrected chi connectivity index (χ2v) is 7.90. The fourth-order valence-electron chi connectivity index (χ4n) is 3.34. The van der Waals surface area contributed by atoms with Crippen LogP contribution in [0, 0.1) is 19.3 Å². The van der Waals surface area contributed by atoms with Gasteiger partial charge in [0.05, 0.1) is 0 Å². The lowest BCUT2D eigenvalue weighted by Crippen LogP contribution is -2.32. The number of hydrogen-bond donors (Lipinski definition) is 1. The molecule has 5 nitrogen and oxygen atoms in total. The van der Waals surface area contributed by atoms with Gasteiger partial charge >= 0.3 is 0 Å². The summed E-state index contributed by atoms with van der Waals surface area (Å²) in [6.07, 6.45) is 2.93. The average Bonchev–Trinajstić information content (AvgIpc) is 3.00. The van der Waals surface area contributed by atoms with Crippen molar-refractivity contribution in [1.82, 2.24) is 4.31 Å². The lowest BCUT2D eigenvalue weighted by Gasteiger charge is -2.26. The molecule has 2 rings (SSSR count). The fourth-order valence-corrected chi connectivity index (χ4v) is 5.32. The number of hydrogen-bond acceptors (Lipinski definition) is 4. The maximum Gasteiger partial charge on any atom is 0.246 e. The van der Waals surface area contributed by atoms with Gasteiger partial charge in [0, 0.05) is 25.2 Å². The summed E-state index contributed by atoms with van der Waals surface area (Å²) in [5.41, 5.74) is 6.45. The van der Waals surface area contributed by atoms with Gasteiger partial charge in [-0.25, -0.2) is 8.42 Å². The minimum Gasteiger partial charge on any atom is -0.465 e. The van der Waals surface area contributed by atoms with Crippen LogP contribution in [0.1, 0.15) is 50.2 Å². The molecule has 1 saturated heterocycles. The summed E-state index contributed by atoms with van der Waals surface area (Å²) in [4.78, 5) is 0.283. The van der Waals surface area contributed by atoms with E-state index in [4.69, 9.17) is 10.2 Å². The van der Waals surface area contributed by atoms with Crippen molar-refractivity contribution in [2.75, 3.05) is 13.1 Å². The Morgan fingerprint density at radius 3 is 2.33 bits per heavy atom. The normalized spacial score (nSPS) is 19.3. The van der Waals surface area contributed by atoms with Gasteiger partial charge in [0.2, 0.25) is 10.0 Å². The summed E-state index contributed by atoms with van der Waals surface area (Å²) in [5.74, 6) is 1.04. The van der Waals surface area contributed by atoms with E-state index >= 15 is 0 Å². The number of nitrogens with two attached hydrogens (primary N) is 1. The summed E-state index contributed by atoms with van der Waals surface area (Å²) in [6, 6.07) is 0. The van der Waals surface area contributed by atoms with E-state index in [1.807, 2.05) is 0 Å². The van der Waals surface area contributed by atoms with Gasteiger partial charge < -0.3 is 10.2 Å². The van der Waals surface area contributed by atoms with Crippen molar-refractivity contribution < 1.29 is 12.8 Å². The Bertz CT molecular complexity index is 615. The van der Waals surface area contributed by atoms with Gasteiger partial charge in [-0.05, 0) is 38.5 Å². The van der Waals surface area contributed by atoms with E-state index in [0.717, 1.165) is 19.3 Å². The summed E-state index contributed by atoms with van der Waals surface area (Å²) in [5, 5.41) is 0. The molecular weight excluding hydrogens is 288 g/mol. The van der Waals surface area contributed by atoms with Crippen LogP contribution in [-0.2, 0) is 16.6 Å². The minimum absolute atomic E-state index is 0.114. The molecule has 1 aliphatic rings. The molecule has 1 aromatic heterocycles. The van der Waals surface area contributed by atoms with Crippen molar-refractivity contribution in [3.63, 3.8) is 0 Å². The Balaban J connectivity index is 2.41. The minimum atomic E-state index is -3.52. The second kappa shape index (κ2) is 5.74. The van der Waals surface area contributed by atoms with Crippen molar-refractivity contribution >= 4 is 10.0 Å². The molecule has 120 valence electrons. The first-order valence-electron chi connectivity index (χ1n) is 7.60. The Kier molecular flexibility index (Phi) is 4.52. The van der Waals surface area contributed by atoms with Crippen LogP contribution < -0.4 is 5.73 Å². The molecule has 0 saturated carbocycles. The van der Waals surface area contributed by atoms with Crippen molar-refractivity contribution in [3.8, 4) is 0 Å². The van der Waals surface area contributed by atoms with Crippen molar-refractivity contribution in [1.29, 1.82) is 0 Å². The Morgan fingerprint density at radius 2 is 1.86 bits per heavy atom. The maximum atomic E-state index is 13.0. The molecule has 0 aromatic carbocycles. The summed E-state index contributed by atoms with van der Waals surface area (Å²) >= 11 is 0. The predicted molar refractivity (Wildman–Crippen MR) is 82.5 cm³/mol. The molecule has 21 heavy (non-hydrogen) atoms. The van der Waals surface area contributed by atoms with E-state index in [0.29, 0.717) is 30.2 Å². The van der Waals surface area contributed by atoms with Crippen LogP contribution >= 0.6 is 0 Å². The first-order valence-corrected chi connectivity index (χ1v) is 9.04. The first-order chi connectivity index (χ1) is 9.81. The molecule has 2 heterocycles. The number of sulfonamides is 1. The van der Waals surface area contributed by atoms with E-state index in [1.165, 1.54) is 0 Å². The third-order valence-corrected chi connectivity index (χ3v) is 7.07. The van der Waals surface area contributed by atoms with Gasteiger partial charge in [-0.3, -0.25) is 0 Å². The summed E-state index contributed by atoms with van der Waals surface area (Å²) < 4.78 is 33.1. The highest BCUT2D eigenvalue weighted by atomic mass is 32.2. The third kappa shape index (κ3) is 2.64. The standard InChI is InChI=1S/C15H26N2O3S/c1-5-15(6-2)7-8-17(10-15)21(18,19)14-12(4)20-11(3)13(14)9-16/h5-10,16H2,1-4H3. The quantitative estimate of drug-likeness (QED) is 0.906. The zero-order valence-electron chi connectivity index (χ0n) is 13.4. The van der Waals surface area contributed by atoms with Gasteiger partial charge in [0.15, 0.2) is 0 Å². The van der Waals surface area contributed by atoms with Crippen LogP contribution in [0.3, 0.4) is 0 Å². The Hall–Kier alpha value is -0.850. The smallest absolute Gasteiger partial charge is 0.246 e. The molecule has 0 aliphatic carbocycles. The van der Waals surface area contributed by atoms with E-state index in [2.05, 4.69) is 13.8 Å². The maximum absolute atomic E-state index is 13.0.